The van der Waals surface area contributed by atoms with Crippen LogP contribution in [0.2, 0.25) is 0 Å². The van der Waals surface area contributed by atoms with Crippen molar-refractivity contribution in [1.82, 2.24) is 10.6 Å². The lowest BCUT2D eigenvalue weighted by atomic mass is 10.4. The molecule has 44 valence electrons. The van der Waals surface area contributed by atoms with E-state index in [2.05, 4.69) is 0 Å². The molecule has 0 radical (unpaired) electrons. The van der Waals surface area contributed by atoms with Crippen LogP contribution in [0.25, 0.3) is 0 Å². The fourth-order valence-corrected chi connectivity index (χ4v) is 0.290. The predicted molar refractivity (Wildman–Crippen MR) is 26.0 cm³/mol. The lowest BCUT2D eigenvalue weighted by Crippen LogP contribution is -2.49. The third-order valence-electron chi connectivity index (χ3n) is 0.621. The molecule has 0 aromatic carbocycles. The number of rotatable bonds is 0. The first-order chi connectivity index (χ1) is 5.26. The van der Waals surface area contributed by atoms with Gasteiger partial charge in [0, 0.05) is 13.0 Å². The Balaban J connectivity index is 2.95. The highest BCUT2D eigenvalue weighted by Gasteiger charge is 2.15. The Kier molecular flexibility index (Phi) is 0.464. The van der Waals surface area contributed by atoms with Crippen LogP contribution in [0.1, 0.15) is 5.48 Å². The first-order valence-corrected chi connectivity index (χ1v) is 1.91. The Labute approximate surface area is 51.9 Å². The van der Waals surface area contributed by atoms with Gasteiger partial charge in [0.2, 0.25) is 0 Å². The molecule has 0 aromatic rings. The molecule has 1 fully saturated rings. The molecule has 0 bridgehead atoms. The predicted octanol–water partition coefficient (Wildman–Crippen LogP) is -1.77. The van der Waals surface area contributed by atoms with E-state index in [1.165, 1.54) is 0 Å². The monoisotopic (exact) mass is 118 g/mol. The van der Waals surface area contributed by atoms with Crippen LogP contribution in [0.3, 0.4) is 0 Å². The highest BCUT2D eigenvalue weighted by molar-refractivity contribution is 6.35. The lowest BCUT2D eigenvalue weighted by molar-refractivity contribution is -0.140. The van der Waals surface area contributed by atoms with Crippen LogP contribution in [0.4, 0.5) is 0 Å². The van der Waals surface area contributed by atoms with Crippen molar-refractivity contribution in [2.24, 2.45) is 0 Å². The fourth-order valence-electron chi connectivity index (χ4n) is 0.290. The summed E-state index contributed by atoms with van der Waals surface area (Å²) in [5, 5.41) is 3.21. The summed E-state index contributed by atoms with van der Waals surface area (Å²) >= 11 is 0. The lowest BCUT2D eigenvalue weighted by Gasteiger charge is -2.10. The number of piperazine rings is 1. The van der Waals surface area contributed by atoms with E-state index in [0.29, 0.717) is 0 Å². The van der Waals surface area contributed by atoms with Crippen LogP contribution in [0.5, 0.6) is 0 Å². The Morgan fingerprint density at radius 2 is 1.62 bits per heavy atom. The quantitative estimate of drug-likeness (QED) is 0.370. The van der Waals surface area contributed by atoms with Gasteiger partial charge >= 0.3 is 11.8 Å². The van der Waals surface area contributed by atoms with Gasteiger partial charge in [0.05, 0.1) is 5.48 Å². The molecule has 2 amide bonds. The van der Waals surface area contributed by atoms with Crippen LogP contribution in [0.15, 0.2) is 0 Å². The maximum Gasteiger partial charge on any atom is 0.309 e. The average Bonchev–Trinajstić information content (AvgIpc) is 1.82. The summed E-state index contributed by atoms with van der Waals surface area (Å²) in [7, 11) is 0. The van der Waals surface area contributed by atoms with E-state index in [1.54, 1.807) is 10.6 Å². The summed E-state index contributed by atoms with van der Waals surface area (Å²) in [6.45, 7) is -5.14. The molecule has 0 aliphatic carbocycles. The van der Waals surface area contributed by atoms with Crippen LogP contribution in [0, 0.1) is 0 Å². The molecule has 0 aromatic heterocycles. The van der Waals surface area contributed by atoms with Gasteiger partial charge in [0.1, 0.15) is 0 Å². The highest BCUT2D eigenvalue weighted by Crippen LogP contribution is 1.73. The second kappa shape index (κ2) is 1.81. The Morgan fingerprint density at radius 3 is 2.00 bits per heavy atom. The van der Waals surface area contributed by atoms with E-state index < -0.39 is 24.8 Å². The summed E-state index contributed by atoms with van der Waals surface area (Å²) in [6, 6.07) is 0. The molecule has 1 heterocycles. The second-order valence-electron chi connectivity index (χ2n) is 1.16. The van der Waals surface area contributed by atoms with E-state index in [4.69, 9.17) is 5.48 Å². The van der Waals surface area contributed by atoms with E-state index in [-0.39, 0.29) is 0 Å². The van der Waals surface area contributed by atoms with E-state index in [9.17, 15) is 9.59 Å². The van der Waals surface area contributed by atoms with Gasteiger partial charge in [0.15, 0.2) is 0 Å². The van der Waals surface area contributed by atoms with Gasteiger partial charge in [0.25, 0.3) is 0 Å². The minimum Gasteiger partial charge on any atom is -0.346 e. The maximum atomic E-state index is 10.6. The minimum absolute atomic E-state index is 1.17. The molecule has 1 aliphatic heterocycles. The van der Waals surface area contributed by atoms with Crippen molar-refractivity contribution in [1.29, 1.82) is 0 Å². The smallest absolute Gasteiger partial charge is 0.309 e. The Bertz CT molecular complexity index is 225. The molecule has 4 heteroatoms. The molecule has 1 saturated heterocycles. The van der Waals surface area contributed by atoms with Crippen molar-refractivity contribution in [3.05, 3.63) is 0 Å². The van der Waals surface area contributed by atoms with Crippen molar-refractivity contribution in [2.45, 2.75) is 0 Å². The number of nitrogens with one attached hydrogen (secondary N) is 2. The van der Waals surface area contributed by atoms with Gasteiger partial charge in [-0.25, -0.2) is 0 Å². The molecule has 2 N–H and O–H groups in total. The normalized spacial score (nSPS) is 39.5. The number of hydrogen-bond acceptors (Lipinski definition) is 2. The molecule has 0 spiro atoms. The zero-order valence-corrected chi connectivity index (χ0v) is 3.82. The van der Waals surface area contributed by atoms with Gasteiger partial charge in [-0.2, -0.15) is 0 Å². The number of carbonyl (C=O) groups excluding carboxylic acids is 2. The molecule has 4 nitrogen and oxygen atoms in total. The number of amides is 2. The summed E-state index contributed by atoms with van der Waals surface area (Å²) in [6.07, 6.45) is 0. The van der Waals surface area contributed by atoms with Gasteiger partial charge < -0.3 is 10.6 Å². The summed E-state index contributed by atoms with van der Waals surface area (Å²) in [5.74, 6) is -2.34. The fraction of sp³-hybridized carbons (Fsp3) is 0.500. The summed E-state index contributed by atoms with van der Waals surface area (Å²) in [4.78, 5) is 21.1. The molecule has 0 atom stereocenters. The number of hydrogen-bond donors (Lipinski definition) is 2. The zero-order chi connectivity index (χ0) is 9.57. The van der Waals surface area contributed by atoms with Crippen molar-refractivity contribution in [2.75, 3.05) is 13.0 Å². The van der Waals surface area contributed by atoms with E-state index >= 15 is 0 Å². The van der Waals surface area contributed by atoms with Gasteiger partial charge in [-0.15, -0.1) is 0 Å². The van der Waals surface area contributed by atoms with Crippen molar-refractivity contribution in [3.63, 3.8) is 0 Å². The summed E-state index contributed by atoms with van der Waals surface area (Å²) in [5.41, 5.74) is 0. The minimum atomic E-state index is -2.57. The van der Waals surface area contributed by atoms with E-state index in [1.807, 2.05) is 0 Å². The van der Waals surface area contributed by atoms with Crippen molar-refractivity contribution >= 4 is 11.8 Å². The zero-order valence-electron chi connectivity index (χ0n) is 7.82. The third-order valence-corrected chi connectivity index (χ3v) is 0.621. The highest BCUT2D eigenvalue weighted by atomic mass is 16.2. The summed E-state index contributed by atoms with van der Waals surface area (Å²) < 4.78 is 28.0. The first-order valence-electron chi connectivity index (χ1n) is 3.91. The molecule has 8 heavy (non-hydrogen) atoms. The van der Waals surface area contributed by atoms with Crippen LogP contribution < -0.4 is 10.6 Å². The maximum absolute atomic E-state index is 10.6. The molecule has 0 unspecified atom stereocenters. The SMILES string of the molecule is [2H]C1([2H])NC(=O)C(=O)NC1([2H])[2H]. The average molecular weight is 118 g/mol. The van der Waals surface area contributed by atoms with Crippen molar-refractivity contribution < 1.29 is 15.1 Å². The largest absolute Gasteiger partial charge is 0.346 e. The van der Waals surface area contributed by atoms with Crippen molar-refractivity contribution in [3.8, 4) is 0 Å². The van der Waals surface area contributed by atoms with Gasteiger partial charge in [-0.05, 0) is 0 Å². The standard InChI is InChI=1S/C4H6N2O2/c7-3-4(8)6-2-1-5-3/h1-2H2,(H,5,7)(H,6,8)/i1D2,2D2. The second-order valence-corrected chi connectivity index (χ2v) is 1.16. The molecule has 1 rings (SSSR count). The van der Waals surface area contributed by atoms with Crippen LogP contribution in [-0.4, -0.2) is 24.8 Å². The van der Waals surface area contributed by atoms with Crippen LogP contribution in [-0.2, 0) is 9.59 Å². The Hall–Kier alpha value is -1.06. The van der Waals surface area contributed by atoms with Gasteiger partial charge in [-0.1, -0.05) is 0 Å². The molecule has 0 saturated carbocycles. The van der Waals surface area contributed by atoms with E-state index in [0.717, 1.165) is 0 Å². The first kappa shape index (κ1) is 2.05. The molecular formula is C4H6N2O2. The molecular weight excluding hydrogens is 108 g/mol. The number of carbonyl (C=O) groups is 2. The topological polar surface area (TPSA) is 58.2 Å². The van der Waals surface area contributed by atoms with Gasteiger partial charge in [-0.3, -0.25) is 9.59 Å². The molecule has 1 aliphatic rings. The van der Waals surface area contributed by atoms with Crippen LogP contribution >= 0.6 is 0 Å². The Morgan fingerprint density at radius 1 is 1.25 bits per heavy atom. The third kappa shape index (κ3) is 0.776.